The van der Waals surface area contributed by atoms with E-state index in [-0.39, 0.29) is 12.1 Å². The van der Waals surface area contributed by atoms with Gasteiger partial charge in [-0.3, -0.25) is 0 Å². The van der Waals surface area contributed by atoms with Crippen molar-refractivity contribution in [3.8, 4) is 0 Å². The van der Waals surface area contributed by atoms with E-state index in [1.807, 2.05) is 13.8 Å². The maximum Gasteiger partial charge on any atom is 0.341 e. The van der Waals surface area contributed by atoms with E-state index in [4.69, 9.17) is 11.6 Å². The molecule has 0 fully saturated rings. The van der Waals surface area contributed by atoms with Crippen LogP contribution >= 0.6 is 0 Å². The molecule has 5 heteroatoms. The molecule has 84 valence electrons. The maximum absolute atomic E-state index is 11.2. The minimum absolute atomic E-state index is 0.233. The molecule has 0 spiro atoms. The molecule has 0 saturated heterocycles. The first-order valence-corrected chi connectivity index (χ1v) is 4.98. The Kier molecular flexibility index (Phi) is 7.37. The van der Waals surface area contributed by atoms with E-state index in [0.29, 0.717) is 13.0 Å². The number of nitrogens with one attached hydrogen (secondary N) is 1. The standard InChI is InChI=1S/C9H21N3O2/c1-7(2)12-8(9(13)14-11)5-3-4-6-10/h7-8,12H,3-6,10-11H2,1-2H3/t8-/m0/s1. The Labute approximate surface area is 85.1 Å². The van der Waals surface area contributed by atoms with Crippen molar-refractivity contribution in [1.29, 1.82) is 0 Å². The van der Waals surface area contributed by atoms with E-state index in [9.17, 15) is 4.79 Å². The predicted molar refractivity (Wildman–Crippen MR) is 55.2 cm³/mol. The maximum atomic E-state index is 11.2. The molecular weight excluding hydrogens is 182 g/mol. The molecule has 0 aliphatic heterocycles. The lowest BCUT2D eigenvalue weighted by Gasteiger charge is -2.18. The van der Waals surface area contributed by atoms with Crippen molar-refractivity contribution in [3.05, 3.63) is 0 Å². The van der Waals surface area contributed by atoms with Crippen molar-refractivity contribution in [3.63, 3.8) is 0 Å². The molecule has 0 saturated carbocycles. The van der Waals surface area contributed by atoms with Gasteiger partial charge in [0.05, 0.1) is 0 Å². The number of hydrogen-bond donors (Lipinski definition) is 3. The monoisotopic (exact) mass is 203 g/mol. The average Bonchev–Trinajstić information content (AvgIpc) is 2.15. The molecule has 5 N–H and O–H groups in total. The topological polar surface area (TPSA) is 90.4 Å². The van der Waals surface area contributed by atoms with E-state index in [1.54, 1.807) is 0 Å². The molecule has 1 atom stereocenters. The van der Waals surface area contributed by atoms with Crippen molar-refractivity contribution >= 4 is 5.97 Å². The van der Waals surface area contributed by atoms with Crippen LogP contribution in [0.25, 0.3) is 0 Å². The Morgan fingerprint density at radius 3 is 2.50 bits per heavy atom. The molecule has 0 rings (SSSR count). The predicted octanol–water partition coefficient (Wildman–Crippen LogP) is -0.101. The first-order chi connectivity index (χ1) is 6.61. The van der Waals surface area contributed by atoms with Crippen LogP contribution in [0.4, 0.5) is 0 Å². The molecule has 0 heterocycles. The third kappa shape index (κ3) is 5.90. The van der Waals surface area contributed by atoms with Crippen LogP contribution in [0.3, 0.4) is 0 Å². The van der Waals surface area contributed by atoms with E-state index >= 15 is 0 Å². The smallest absolute Gasteiger partial charge is 0.341 e. The number of unbranched alkanes of at least 4 members (excludes halogenated alkanes) is 1. The minimum atomic E-state index is -0.407. The van der Waals surface area contributed by atoms with Crippen LogP contribution in [0.15, 0.2) is 0 Å². The molecule has 0 aromatic rings. The van der Waals surface area contributed by atoms with Gasteiger partial charge in [-0.2, -0.15) is 5.90 Å². The second-order valence-corrected chi connectivity index (χ2v) is 3.60. The van der Waals surface area contributed by atoms with E-state index in [2.05, 4.69) is 10.2 Å². The van der Waals surface area contributed by atoms with Gasteiger partial charge in [0.25, 0.3) is 0 Å². The number of carbonyl (C=O) groups is 1. The fraction of sp³-hybridized carbons (Fsp3) is 0.889. The molecule has 0 aromatic heterocycles. The zero-order chi connectivity index (χ0) is 11.0. The molecule has 0 radical (unpaired) electrons. The molecule has 0 aliphatic rings. The highest BCUT2D eigenvalue weighted by atomic mass is 16.7. The highest BCUT2D eigenvalue weighted by Gasteiger charge is 2.19. The van der Waals surface area contributed by atoms with Gasteiger partial charge in [0.1, 0.15) is 6.04 Å². The zero-order valence-corrected chi connectivity index (χ0v) is 8.95. The molecular formula is C9H21N3O2. The largest absolute Gasteiger partial charge is 0.372 e. The van der Waals surface area contributed by atoms with E-state index < -0.39 is 5.97 Å². The Balaban J connectivity index is 3.91. The van der Waals surface area contributed by atoms with Crippen LogP contribution in [0, 0.1) is 0 Å². The number of hydrogen-bond acceptors (Lipinski definition) is 5. The van der Waals surface area contributed by atoms with Gasteiger partial charge >= 0.3 is 5.97 Å². The van der Waals surface area contributed by atoms with Crippen molar-refractivity contribution in [2.45, 2.75) is 45.2 Å². The van der Waals surface area contributed by atoms with Crippen LogP contribution < -0.4 is 16.9 Å². The summed E-state index contributed by atoms with van der Waals surface area (Å²) < 4.78 is 0. The van der Waals surface area contributed by atoms with Crippen LogP contribution in [-0.2, 0) is 9.63 Å². The third-order valence-electron chi connectivity index (χ3n) is 1.88. The Hall–Kier alpha value is -0.650. The molecule has 0 bridgehead atoms. The summed E-state index contributed by atoms with van der Waals surface area (Å²) in [5.41, 5.74) is 5.36. The minimum Gasteiger partial charge on any atom is -0.372 e. The lowest BCUT2D eigenvalue weighted by Crippen LogP contribution is -2.42. The third-order valence-corrected chi connectivity index (χ3v) is 1.88. The first kappa shape index (κ1) is 13.4. The SMILES string of the molecule is CC(C)N[C@@H](CCCCN)C(=O)ON. The van der Waals surface area contributed by atoms with Crippen LogP contribution in [-0.4, -0.2) is 24.6 Å². The number of rotatable bonds is 7. The summed E-state index contributed by atoms with van der Waals surface area (Å²) in [5.74, 6) is 4.43. The summed E-state index contributed by atoms with van der Waals surface area (Å²) in [6, 6.07) is -0.0801. The van der Waals surface area contributed by atoms with Crippen molar-refractivity contribution < 1.29 is 9.63 Å². The van der Waals surface area contributed by atoms with Gasteiger partial charge in [-0.25, -0.2) is 4.79 Å². The van der Waals surface area contributed by atoms with Crippen LogP contribution in [0.5, 0.6) is 0 Å². The Morgan fingerprint density at radius 2 is 2.07 bits per heavy atom. The Bertz CT molecular complexity index is 162. The van der Waals surface area contributed by atoms with Gasteiger partial charge in [-0.15, -0.1) is 0 Å². The van der Waals surface area contributed by atoms with E-state index in [0.717, 1.165) is 12.8 Å². The molecule has 0 amide bonds. The normalized spacial score (nSPS) is 12.9. The number of nitrogens with two attached hydrogens (primary N) is 2. The average molecular weight is 203 g/mol. The van der Waals surface area contributed by atoms with Gasteiger partial charge in [0.15, 0.2) is 0 Å². The fourth-order valence-electron chi connectivity index (χ4n) is 1.25. The summed E-state index contributed by atoms with van der Waals surface area (Å²) in [7, 11) is 0. The van der Waals surface area contributed by atoms with Crippen molar-refractivity contribution in [1.82, 2.24) is 5.32 Å². The second kappa shape index (κ2) is 7.73. The van der Waals surface area contributed by atoms with Gasteiger partial charge < -0.3 is 15.9 Å². The lowest BCUT2D eigenvalue weighted by molar-refractivity contribution is -0.147. The Morgan fingerprint density at radius 1 is 1.43 bits per heavy atom. The molecule has 0 unspecified atom stereocenters. The molecule has 0 aliphatic carbocycles. The highest BCUT2D eigenvalue weighted by molar-refractivity contribution is 5.75. The summed E-state index contributed by atoms with van der Waals surface area (Å²) in [5, 5.41) is 3.09. The van der Waals surface area contributed by atoms with Gasteiger partial charge in [-0.05, 0) is 19.4 Å². The molecule has 5 nitrogen and oxygen atoms in total. The van der Waals surface area contributed by atoms with E-state index in [1.165, 1.54) is 0 Å². The first-order valence-electron chi connectivity index (χ1n) is 4.98. The lowest BCUT2D eigenvalue weighted by atomic mass is 10.1. The van der Waals surface area contributed by atoms with Crippen LogP contribution in [0.1, 0.15) is 33.1 Å². The summed E-state index contributed by atoms with van der Waals surface area (Å²) in [4.78, 5) is 15.4. The molecule has 0 aromatic carbocycles. The summed E-state index contributed by atoms with van der Waals surface area (Å²) in [6.45, 7) is 4.59. The van der Waals surface area contributed by atoms with Gasteiger partial charge in [0, 0.05) is 6.04 Å². The van der Waals surface area contributed by atoms with Gasteiger partial charge in [0.2, 0.25) is 0 Å². The zero-order valence-electron chi connectivity index (χ0n) is 8.95. The highest BCUT2D eigenvalue weighted by Crippen LogP contribution is 2.02. The van der Waals surface area contributed by atoms with Crippen molar-refractivity contribution in [2.24, 2.45) is 11.6 Å². The van der Waals surface area contributed by atoms with Gasteiger partial charge in [-0.1, -0.05) is 20.3 Å². The van der Waals surface area contributed by atoms with Crippen molar-refractivity contribution in [2.75, 3.05) is 6.54 Å². The quantitative estimate of drug-likeness (QED) is 0.397. The fourth-order valence-corrected chi connectivity index (χ4v) is 1.25. The second-order valence-electron chi connectivity index (χ2n) is 3.60. The molecule has 14 heavy (non-hydrogen) atoms. The summed E-state index contributed by atoms with van der Waals surface area (Å²) in [6.07, 6.45) is 2.52. The number of carbonyl (C=O) groups excluding carboxylic acids is 1. The van der Waals surface area contributed by atoms with Crippen LogP contribution in [0.2, 0.25) is 0 Å². The summed E-state index contributed by atoms with van der Waals surface area (Å²) >= 11 is 0.